The molecule has 1 aromatic rings. The van der Waals surface area contributed by atoms with E-state index in [0.29, 0.717) is 25.4 Å². The molecule has 1 heterocycles. The SMILES string of the molecule is CCN(CCN1C(=O)CSC1c1ccc(C(C)(C)C)cc1)C(=O)COC. The van der Waals surface area contributed by atoms with Crippen LogP contribution in [0.3, 0.4) is 0 Å². The molecule has 2 amide bonds. The summed E-state index contributed by atoms with van der Waals surface area (Å²) in [5.41, 5.74) is 2.53. The maximum Gasteiger partial charge on any atom is 0.248 e. The fourth-order valence-corrected chi connectivity index (χ4v) is 4.24. The Bertz CT molecular complexity index is 625. The zero-order valence-corrected chi connectivity index (χ0v) is 17.3. The highest BCUT2D eigenvalue weighted by atomic mass is 32.2. The van der Waals surface area contributed by atoms with E-state index in [9.17, 15) is 9.59 Å². The van der Waals surface area contributed by atoms with Gasteiger partial charge < -0.3 is 14.5 Å². The summed E-state index contributed by atoms with van der Waals surface area (Å²) in [4.78, 5) is 28.0. The summed E-state index contributed by atoms with van der Waals surface area (Å²) < 4.78 is 4.93. The minimum atomic E-state index is -0.0413. The third-order valence-electron chi connectivity index (χ3n) is 4.64. The largest absolute Gasteiger partial charge is 0.375 e. The number of amides is 2. The molecule has 0 radical (unpaired) electrons. The van der Waals surface area contributed by atoms with Gasteiger partial charge in [0.25, 0.3) is 0 Å². The van der Waals surface area contributed by atoms with Gasteiger partial charge in [-0.3, -0.25) is 9.59 Å². The zero-order valence-electron chi connectivity index (χ0n) is 16.4. The van der Waals surface area contributed by atoms with Gasteiger partial charge in [-0.05, 0) is 23.5 Å². The molecule has 5 nitrogen and oxygen atoms in total. The van der Waals surface area contributed by atoms with E-state index in [0.717, 1.165) is 5.56 Å². The number of hydrogen-bond acceptors (Lipinski definition) is 4. The molecule has 1 aliphatic heterocycles. The first-order chi connectivity index (χ1) is 12.3. The number of hydrogen-bond donors (Lipinski definition) is 0. The summed E-state index contributed by atoms with van der Waals surface area (Å²) >= 11 is 1.65. The Hall–Kier alpha value is -1.53. The molecule has 26 heavy (non-hydrogen) atoms. The lowest BCUT2D eigenvalue weighted by Crippen LogP contribution is -2.41. The number of thioether (sulfide) groups is 1. The number of likely N-dealkylation sites (N-methyl/N-ethyl adjacent to an activating group) is 1. The fourth-order valence-electron chi connectivity index (χ4n) is 3.02. The van der Waals surface area contributed by atoms with Crippen molar-refractivity contribution in [2.45, 2.75) is 38.5 Å². The Kier molecular flexibility index (Phi) is 7.12. The second-order valence-corrected chi connectivity index (χ2v) is 8.60. The van der Waals surface area contributed by atoms with Crippen molar-refractivity contribution in [3.05, 3.63) is 35.4 Å². The first-order valence-corrected chi connectivity index (χ1v) is 10.1. The minimum absolute atomic E-state index is 0.0211. The van der Waals surface area contributed by atoms with Gasteiger partial charge in [-0.25, -0.2) is 0 Å². The molecule has 1 fully saturated rings. The number of ether oxygens (including phenoxy) is 1. The van der Waals surface area contributed by atoms with Gasteiger partial charge in [0, 0.05) is 26.7 Å². The standard InChI is InChI=1S/C20H30N2O3S/c1-6-21(17(23)13-25-5)11-12-22-18(24)14-26-19(22)15-7-9-16(10-8-15)20(2,3)4/h7-10,19H,6,11-14H2,1-5H3. The van der Waals surface area contributed by atoms with E-state index in [1.54, 1.807) is 16.7 Å². The van der Waals surface area contributed by atoms with Gasteiger partial charge in [0.2, 0.25) is 11.8 Å². The summed E-state index contributed by atoms with van der Waals surface area (Å²) in [6.45, 7) is 10.3. The zero-order chi connectivity index (χ0) is 19.3. The third kappa shape index (κ3) is 5.01. The van der Waals surface area contributed by atoms with Crippen LogP contribution in [-0.4, -0.2) is 60.7 Å². The number of carbonyl (C=O) groups is 2. The average Bonchev–Trinajstić information content (AvgIpc) is 2.96. The van der Waals surface area contributed by atoms with Gasteiger partial charge >= 0.3 is 0 Å². The van der Waals surface area contributed by atoms with E-state index < -0.39 is 0 Å². The van der Waals surface area contributed by atoms with Crippen molar-refractivity contribution in [1.29, 1.82) is 0 Å². The predicted octanol–water partition coefficient (Wildman–Crippen LogP) is 3.05. The van der Waals surface area contributed by atoms with Crippen LogP contribution in [-0.2, 0) is 19.7 Å². The van der Waals surface area contributed by atoms with Gasteiger partial charge in [0.15, 0.2) is 0 Å². The molecule has 0 saturated carbocycles. The van der Waals surface area contributed by atoms with E-state index in [-0.39, 0.29) is 29.2 Å². The van der Waals surface area contributed by atoms with Crippen LogP contribution in [0.5, 0.6) is 0 Å². The van der Waals surface area contributed by atoms with Crippen molar-refractivity contribution in [3.63, 3.8) is 0 Å². The van der Waals surface area contributed by atoms with Crippen molar-refractivity contribution in [1.82, 2.24) is 9.80 Å². The Labute approximate surface area is 161 Å². The van der Waals surface area contributed by atoms with Gasteiger partial charge in [-0.2, -0.15) is 0 Å². The Morgan fingerprint density at radius 2 is 1.96 bits per heavy atom. The highest BCUT2D eigenvalue weighted by Crippen LogP contribution is 2.39. The van der Waals surface area contributed by atoms with E-state index in [1.807, 2.05) is 11.8 Å². The molecule has 0 spiro atoms. The molecule has 2 rings (SSSR count). The van der Waals surface area contributed by atoms with Crippen molar-refractivity contribution in [2.24, 2.45) is 0 Å². The maximum atomic E-state index is 12.4. The topological polar surface area (TPSA) is 49.9 Å². The van der Waals surface area contributed by atoms with Crippen LogP contribution >= 0.6 is 11.8 Å². The monoisotopic (exact) mass is 378 g/mol. The predicted molar refractivity (Wildman–Crippen MR) is 106 cm³/mol. The van der Waals surface area contributed by atoms with E-state index in [1.165, 1.54) is 12.7 Å². The number of benzene rings is 1. The van der Waals surface area contributed by atoms with Crippen molar-refractivity contribution in [3.8, 4) is 0 Å². The second kappa shape index (κ2) is 8.91. The molecule has 0 aromatic heterocycles. The molecule has 1 atom stereocenters. The summed E-state index contributed by atoms with van der Waals surface area (Å²) in [5, 5.41) is 0.0211. The lowest BCUT2D eigenvalue weighted by atomic mass is 9.87. The average molecular weight is 379 g/mol. The lowest BCUT2D eigenvalue weighted by Gasteiger charge is -2.28. The number of rotatable bonds is 7. The van der Waals surface area contributed by atoms with E-state index >= 15 is 0 Å². The quantitative estimate of drug-likeness (QED) is 0.732. The van der Waals surface area contributed by atoms with Crippen LogP contribution in [0.15, 0.2) is 24.3 Å². The van der Waals surface area contributed by atoms with Crippen molar-refractivity contribution in [2.75, 3.05) is 39.1 Å². The first-order valence-electron chi connectivity index (χ1n) is 9.06. The first kappa shape index (κ1) is 20.8. The van der Waals surface area contributed by atoms with Crippen molar-refractivity contribution >= 4 is 23.6 Å². The molecule has 1 saturated heterocycles. The Balaban J connectivity index is 2.07. The number of carbonyl (C=O) groups excluding carboxylic acids is 2. The van der Waals surface area contributed by atoms with Crippen LogP contribution in [0.1, 0.15) is 44.2 Å². The van der Waals surface area contributed by atoms with E-state index in [2.05, 4.69) is 45.0 Å². The molecule has 1 aromatic carbocycles. The molecule has 0 aliphatic carbocycles. The van der Waals surface area contributed by atoms with Gasteiger partial charge in [-0.15, -0.1) is 11.8 Å². The van der Waals surface area contributed by atoms with Crippen LogP contribution < -0.4 is 0 Å². The van der Waals surface area contributed by atoms with Gasteiger partial charge in [0.05, 0.1) is 5.75 Å². The van der Waals surface area contributed by atoms with Crippen LogP contribution in [0.2, 0.25) is 0 Å². The molecular formula is C20H30N2O3S. The summed E-state index contributed by atoms with van der Waals surface area (Å²) in [6, 6.07) is 8.55. The molecule has 144 valence electrons. The van der Waals surface area contributed by atoms with Crippen LogP contribution in [0.25, 0.3) is 0 Å². The Morgan fingerprint density at radius 1 is 1.31 bits per heavy atom. The molecule has 6 heteroatoms. The maximum absolute atomic E-state index is 12.4. The highest BCUT2D eigenvalue weighted by molar-refractivity contribution is 8.00. The fraction of sp³-hybridized carbons (Fsp3) is 0.600. The molecule has 0 N–H and O–H groups in total. The molecular weight excluding hydrogens is 348 g/mol. The van der Waals surface area contributed by atoms with Gasteiger partial charge in [-0.1, -0.05) is 45.0 Å². The third-order valence-corrected chi connectivity index (χ3v) is 5.90. The molecule has 1 aliphatic rings. The summed E-state index contributed by atoms with van der Waals surface area (Å²) in [5.74, 6) is 0.583. The number of methoxy groups -OCH3 is 1. The van der Waals surface area contributed by atoms with Crippen molar-refractivity contribution < 1.29 is 14.3 Å². The Morgan fingerprint density at radius 3 is 2.50 bits per heavy atom. The minimum Gasteiger partial charge on any atom is -0.375 e. The number of nitrogens with zero attached hydrogens (tertiary/aromatic N) is 2. The highest BCUT2D eigenvalue weighted by Gasteiger charge is 2.33. The van der Waals surface area contributed by atoms with Gasteiger partial charge in [0.1, 0.15) is 12.0 Å². The summed E-state index contributed by atoms with van der Waals surface area (Å²) in [7, 11) is 1.52. The lowest BCUT2D eigenvalue weighted by molar-refractivity contribution is -0.136. The smallest absolute Gasteiger partial charge is 0.248 e. The van der Waals surface area contributed by atoms with Crippen LogP contribution in [0.4, 0.5) is 0 Å². The molecule has 0 bridgehead atoms. The normalized spacial score (nSPS) is 17.7. The second-order valence-electron chi connectivity index (χ2n) is 7.53. The molecule has 1 unspecified atom stereocenters. The summed E-state index contributed by atoms with van der Waals surface area (Å²) in [6.07, 6.45) is 0. The van der Waals surface area contributed by atoms with E-state index in [4.69, 9.17) is 4.74 Å². The van der Waals surface area contributed by atoms with Crippen LogP contribution in [0, 0.1) is 0 Å².